The fraction of sp³-hybridized carbons (Fsp3) is 1.00. The van der Waals surface area contributed by atoms with Crippen LogP contribution in [0.2, 0.25) is 0 Å². The van der Waals surface area contributed by atoms with E-state index in [0.717, 1.165) is 0 Å². The highest BCUT2D eigenvalue weighted by molar-refractivity contribution is 6.36. The third kappa shape index (κ3) is 10.4. The van der Waals surface area contributed by atoms with Crippen molar-refractivity contribution in [2.24, 2.45) is 0 Å². The molecule has 92 valence electrons. The number of hydrogen-bond acceptors (Lipinski definition) is 3. The van der Waals surface area contributed by atoms with Crippen LogP contribution in [0.1, 0.15) is 52.9 Å². The molecular weight excluding hydrogens is 208 g/mol. The summed E-state index contributed by atoms with van der Waals surface area (Å²) in [5.41, 5.74) is -0.164. The molecule has 0 N–H and O–H groups in total. The normalized spacial score (nSPS) is 16.4. The van der Waals surface area contributed by atoms with Gasteiger partial charge in [-0.05, 0) is 20.8 Å². The third-order valence-electron chi connectivity index (χ3n) is 2.08. The number of hydrogen-bond donors (Lipinski definition) is 0. The molecule has 0 saturated heterocycles. The lowest BCUT2D eigenvalue weighted by molar-refractivity contribution is 0.0430. The van der Waals surface area contributed by atoms with Gasteiger partial charge in [-0.3, -0.25) is 0 Å². The van der Waals surface area contributed by atoms with Crippen molar-refractivity contribution in [2.75, 3.05) is 14.2 Å². The SMILES string of the molecule is C1CCCC1.CO[SiH](OC)OC(C)(C)C. The summed E-state index contributed by atoms with van der Waals surface area (Å²) in [6.45, 7) is 5.93. The predicted octanol–water partition coefficient (Wildman–Crippen LogP) is 2.76. The molecule has 4 heteroatoms. The third-order valence-corrected chi connectivity index (χ3v) is 3.75. The van der Waals surface area contributed by atoms with Crippen molar-refractivity contribution in [3.8, 4) is 0 Å². The zero-order chi connectivity index (χ0) is 11.7. The lowest BCUT2D eigenvalue weighted by Gasteiger charge is -2.23. The molecule has 0 aliphatic heterocycles. The minimum atomic E-state index is -1.82. The van der Waals surface area contributed by atoms with Gasteiger partial charge in [0.1, 0.15) is 0 Å². The standard InChI is InChI=1S/C6H16O3Si.C5H10/c1-6(2,3)9-10(7-4)8-5;1-2-4-5-3-1/h10H,1-5H3;1-5H2. The summed E-state index contributed by atoms with van der Waals surface area (Å²) in [7, 11) is 1.39. The Kier molecular flexibility index (Phi) is 8.33. The van der Waals surface area contributed by atoms with Gasteiger partial charge in [-0.25, -0.2) is 0 Å². The maximum absolute atomic E-state index is 5.43. The van der Waals surface area contributed by atoms with Gasteiger partial charge in [0.25, 0.3) is 0 Å². The van der Waals surface area contributed by atoms with Gasteiger partial charge >= 0.3 is 9.53 Å². The molecule has 0 atom stereocenters. The highest BCUT2D eigenvalue weighted by atomic mass is 28.3. The minimum absolute atomic E-state index is 0.164. The van der Waals surface area contributed by atoms with E-state index in [-0.39, 0.29) is 5.60 Å². The minimum Gasteiger partial charge on any atom is -0.379 e. The Morgan fingerprint density at radius 2 is 1.13 bits per heavy atom. The van der Waals surface area contributed by atoms with Gasteiger partial charge in [0.2, 0.25) is 0 Å². The number of rotatable bonds is 3. The van der Waals surface area contributed by atoms with Gasteiger partial charge < -0.3 is 13.3 Å². The second-order valence-corrected chi connectivity index (χ2v) is 6.51. The van der Waals surface area contributed by atoms with Crippen molar-refractivity contribution in [3.05, 3.63) is 0 Å². The quantitative estimate of drug-likeness (QED) is 0.703. The van der Waals surface area contributed by atoms with E-state index in [4.69, 9.17) is 13.3 Å². The van der Waals surface area contributed by atoms with Crippen LogP contribution in [-0.4, -0.2) is 29.3 Å². The molecule has 0 radical (unpaired) electrons. The van der Waals surface area contributed by atoms with E-state index < -0.39 is 9.53 Å². The molecule has 1 fully saturated rings. The lowest BCUT2D eigenvalue weighted by atomic mass is 10.2. The molecule has 0 spiro atoms. The summed E-state index contributed by atoms with van der Waals surface area (Å²) >= 11 is 0. The molecule has 1 rings (SSSR count). The predicted molar refractivity (Wildman–Crippen MR) is 65.1 cm³/mol. The summed E-state index contributed by atoms with van der Waals surface area (Å²) in [5, 5.41) is 0. The van der Waals surface area contributed by atoms with Gasteiger partial charge in [-0.1, -0.05) is 32.1 Å². The fourth-order valence-corrected chi connectivity index (χ4v) is 2.33. The fourth-order valence-electron chi connectivity index (χ4n) is 1.37. The van der Waals surface area contributed by atoms with Gasteiger partial charge in [-0.2, -0.15) is 0 Å². The van der Waals surface area contributed by atoms with Crippen LogP contribution in [0.15, 0.2) is 0 Å². The average Bonchev–Trinajstić information content (AvgIpc) is 2.70. The Balaban J connectivity index is 0.000000322. The molecule has 0 aromatic carbocycles. The molecular formula is C11H26O3Si. The van der Waals surface area contributed by atoms with Gasteiger partial charge in [0.15, 0.2) is 0 Å². The molecule has 0 unspecified atom stereocenters. The van der Waals surface area contributed by atoms with Crippen LogP contribution < -0.4 is 0 Å². The molecule has 1 aliphatic carbocycles. The van der Waals surface area contributed by atoms with E-state index in [1.807, 2.05) is 20.8 Å². The van der Waals surface area contributed by atoms with E-state index in [9.17, 15) is 0 Å². The average molecular weight is 234 g/mol. The summed E-state index contributed by atoms with van der Waals surface area (Å²) in [5.74, 6) is 0. The first-order chi connectivity index (χ1) is 6.99. The Morgan fingerprint density at radius 3 is 1.27 bits per heavy atom. The highest BCUT2D eigenvalue weighted by Gasteiger charge is 2.20. The molecule has 0 heterocycles. The van der Waals surface area contributed by atoms with Crippen LogP contribution in [0, 0.1) is 0 Å². The zero-order valence-electron chi connectivity index (χ0n) is 10.8. The molecule has 0 aromatic heterocycles. The molecule has 0 amide bonds. The van der Waals surface area contributed by atoms with Crippen LogP contribution in [0.4, 0.5) is 0 Å². The Bertz CT molecular complexity index is 130. The second-order valence-electron chi connectivity index (χ2n) is 4.76. The zero-order valence-corrected chi connectivity index (χ0v) is 12.0. The van der Waals surface area contributed by atoms with E-state index in [0.29, 0.717) is 0 Å². The van der Waals surface area contributed by atoms with Crippen molar-refractivity contribution in [2.45, 2.75) is 58.5 Å². The maximum atomic E-state index is 5.43. The van der Waals surface area contributed by atoms with Crippen molar-refractivity contribution >= 4 is 9.53 Å². The molecule has 1 aliphatic rings. The van der Waals surface area contributed by atoms with E-state index in [1.165, 1.54) is 32.1 Å². The van der Waals surface area contributed by atoms with Crippen LogP contribution in [0.3, 0.4) is 0 Å². The summed E-state index contributed by atoms with van der Waals surface area (Å²) < 4.78 is 15.4. The Labute approximate surface area is 96.1 Å². The van der Waals surface area contributed by atoms with Crippen molar-refractivity contribution < 1.29 is 13.3 Å². The molecule has 0 bridgehead atoms. The molecule has 1 saturated carbocycles. The van der Waals surface area contributed by atoms with Crippen molar-refractivity contribution in [3.63, 3.8) is 0 Å². The molecule has 3 nitrogen and oxygen atoms in total. The smallest absolute Gasteiger partial charge is 0.379 e. The van der Waals surface area contributed by atoms with Crippen molar-refractivity contribution in [1.82, 2.24) is 0 Å². The van der Waals surface area contributed by atoms with Crippen LogP contribution in [0.5, 0.6) is 0 Å². The van der Waals surface area contributed by atoms with Gasteiger partial charge in [0, 0.05) is 14.2 Å². The van der Waals surface area contributed by atoms with E-state index in [2.05, 4.69) is 0 Å². The lowest BCUT2D eigenvalue weighted by Crippen LogP contribution is -2.34. The second kappa shape index (κ2) is 8.27. The van der Waals surface area contributed by atoms with Crippen LogP contribution >= 0.6 is 0 Å². The first-order valence-corrected chi connectivity index (χ1v) is 7.14. The highest BCUT2D eigenvalue weighted by Crippen LogP contribution is 2.15. The summed E-state index contributed by atoms with van der Waals surface area (Å²) in [6, 6.07) is 0. The van der Waals surface area contributed by atoms with Crippen LogP contribution in [-0.2, 0) is 13.3 Å². The van der Waals surface area contributed by atoms with Gasteiger partial charge in [0.05, 0.1) is 5.60 Å². The Hall–Kier alpha value is 0.0969. The Morgan fingerprint density at radius 1 is 0.800 bits per heavy atom. The first-order valence-electron chi connectivity index (χ1n) is 5.73. The summed E-state index contributed by atoms with van der Waals surface area (Å²) in [4.78, 5) is 0. The monoisotopic (exact) mass is 234 g/mol. The van der Waals surface area contributed by atoms with Gasteiger partial charge in [-0.15, -0.1) is 0 Å². The molecule has 0 aromatic rings. The summed E-state index contributed by atoms with van der Waals surface area (Å²) in [6.07, 6.45) is 7.50. The van der Waals surface area contributed by atoms with E-state index >= 15 is 0 Å². The maximum Gasteiger partial charge on any atom is 0.484 e. The topological polar surface area (TPSA) is 27.7 Å². The van der Waals surface area contributed by atoms with E-state index in [1.54, 1.807) is 14.2 Å². The molecule has 15 heavy (non-hydrogen) atoms. The van der Waals surface area contributed by atoms with Crippen LogP contribution in [0.25, 0.3) is 0 Å². The largest absolute Gasteiger partial charge is 0.484 e. The van der Waals surface area contributed by atoms with Crippen molar-refractivity contribution in [1.29, 1.82) is 0 Å². The first kappa shape index (κ1) is 15.1.